The molecule has 0 aliphatic carbocycles. The number of carboxylic acids is 1. The number of rotatable bonds is 2. The quantitative estimate of drug-likeness (QED) is 0.838. The number of aromatic carboxylic acids is 1. The van der Waals surface area contributed by atoms with Gasteiger partial charge in [-0.1, -0.05) is 6.07 Å². The van der Waals surface area contributed by atoms with Gasteiger partial charge >= 0.3 is 5.97 Å². The van der Waals surface area contributed by atoms with Gasteiger partial charge in [-0.2, -0.15) is 15.0 Å². The summed E-state index contributed by atoms with van der Waals surface area (Å²) < 4.78 is 0. The van der Waals surface area contributed by atoms with E-state index in [1.54, 1.807) is 19.1 Å². The molecule has 0 unspecified atom stereocenters. The third-order valence-electron chi connectivity index (χ3n) is 3.21. The molecule has 0 spiro atoms. The molecule has 7 nitrogen and oxygen atoms in total. The Morgan fingerprint density at radius 2 is 2.00 bits per heavy atom. The average molecular weight is 271 g/mol. The number of hydrogen-bond donors (Lipinski definition) is 2. The Morgan fingerprint density at radius 1 is 1.25 bits per heavy atom. The molecule has 1 aromatic heterocycles. The maximum absolute atomic E-state index is 11.0. The number of carboxylic acid groups (broad SMARTS) is 1. The molecule has 0 saturated carbocycles. The molecule has 0 radical (unpaired) electrons. The van der Waals surface area contributed by atoms with Crippen LogP contribution in [0, 0.1) is 6.92 Å². The first kappa shape index (κ1) is 12.3. The summed E-state index contributed by atoms with van der Waals surface area (Å²) in [6.45, 7) is 2.96. The van der Waals surface area contributed by atoms with Gasteiger partial charge < -0.3 is 15.7 Å². The zero-order chi connectivity index (χ0) is 14.3. The molecule has 1 aliphatic rings. The van der Waals surface area contributed by atoms with Crippen LogP contribution in [-0.2, 0) is 13.1 Å². The topological polar surface area (TPSA) is 105 Å². The van der Waals surface area contributed by atoms with Crippen molar-refractivity contribution >= 4 is 17.9 Å². The van der Waals surface area contributed by atoms with Crippen molar-refractivity contribution in [2.75, 3.05) is 10.6 Å². The number of fused-ring (bicyclic) bond motifs is 1. The minimum absolute atomic E-state index is 0.190. The van der Waals surface area contributed by atoms with Crippen molar-refractivity contribution in [3.63, 3.8) is 0 Å². The first-order valence-electron chi connectivity index (χ1n) is 6.11. The summed E-state index contributed by atoms with van der Waals surface area (Å²) in [6.07, 6.45) is 0. The van der Waals surface area contributed by atoms with Crippen molar-refractivity contribution in [3.05, 3.63) is 40.7 Å². The van der Waals surface area contributed by atoms with Gasteiger partial charge in [-0.05, 0) is 30.2 Å². The Kier molecular flexibility index (Phi) is 2.74. The second-order valence-corrected chi connectivity index (χ2v) is 4.69. The van der Waals surface area contributed by atoms with E-state index in [9.17, 15) is 4.79 Å². The highest BCUT2D eigenvalue weighted by Gasteiger charge is 2.22. The molecule has 0 atom stereocenters. The molecule has 3 N–H and O–H groups in total. The van der Waals surface area contributed by atoms with Crippen molar-refractivity contribution < 1.29 is 9.90 Å². The normalized spacial score (nSPS) is 13.3. The van der Waals surface area contributed by atoms with E-state index >= 15 is 0 Å². The fourth-order valence-electron chi connectivity index (χ4n) is 2.30. The molecule has 2 heterocycles. The van der Waals surface area contributed by atoms with Gasteiger partial charge in [-0.25, -0.2) is 4.79 Å². The number of aryl methyl sites for hydroxylation is 1. The number of carbonyl (C=O) groups is 1. The predicted molar refractivity (Wildman–Crippen MR) is 72.3 cm³/mol. The van der Waals surface area contributed by atoms with Gasteiger partial charge in [0.25, 0.3) is 0 Å². The van der Waals surface area contributed by atoms with Crippen LogP contribution >= 0.6 is 0 Å². The molecule has 2 aromatic rings. The fraction of sp³-hybridized carbons (Fsp3) is 0.231. The standard InChI is InChI=1S/C13H13N5O2/c1-7-15-12(14)17-13(16-7)18-5-9-3-2-8(11(19)20)4-10(9)6-18/h2-4H,5-6H2,1H3,(H,19,20)(H2,14,15,16,17). The van der Waals surface area contributed by atoms with Crippen LogP contribution in [-0.4, -0.2) is 26.0 Å². The number of hydrogen-bond acceptors (Lipinski definition) is 6. The minimum atomic E-state index is -0.925. The molecule has 1 aliphatic heterocycles. The average Bonchev–Trinajstić information content (AvgIpc) is 2.80. The van der Waals surface area contributed by atoms with Gasteiger partial charge in [0.15, 0.2) is 0 Å². The minimum Gasteiger partial charge on any atom is -0.478 e. The second-order valence-electron chi connectivity index (χ2n) is 4.69. The number of nitrogen functional groups attached to an aromatic ring is 1. The lowest BCUT2D eigenvalue weighted by atomic mass is 10.1. The van der Waals surface area contributed by atoms with E-state index in [-0.39, 0.29) is 11.5 Å². The van der Waals surface area contributed by atoms with Crippen LogP contribution < -0.4 is 10.6 Å². The number of nitrogens with two attached hydrogens (primary N) is 1. The monoisotopic (exact) mass is 271 g/mol. The molecule has 0 amide bonds. The Morgan fingerprint density at radius 3 is 2.70 bits per heavy atom. The van der Waals surface area contributed by atoms with Crippen LogP contribution in [0.2, 0.25) is 0 Å². The predicted octanol–water partition coefficient (Wildman–Crippen LogP) is 0.981. The molecular weight excluding hydrogens is 258 g/mol. The first-order chi connectivity index (χ1) is 9.52. The largest absolute Gasteiger partial charge is 0.478 e. The summed E-state index contributed by atoms with van der Waals surface area (Å²) in [5.41, 5.74) is 7.97. The second kappa shape index (κ2) is 4.44. The van der Waals surface area contributed by atoms with Crippen molar-refractivity contribution in [2.45, 2.75) is 20.0 Å². The van der Waals surface area contributed by atoms with E-state index in [1.165, 1.54) is 0 Å². The van der Waals surface area contributed by atoms with E-state index in [2.05, 4.69) is 15.0 Å². The van der Waals surface area contributed by atoms with Gasteiger partial charge in [0.1, 0.15) is 5.82 Å². The zero-order valence-corrected chi connectivity index (χ0v) is 10.9. The molecule has 0 bridgehead atoms. The first-order valence-corrected chi connectivity index (χ1v) is 6.11. The molecule has 1 aromatic carbocycles. The van der Waals surface area contributed by atoms with E-state index in [4.69, 9.17) is 10.8 Å². The third-order valence-corrected chi connectivity index (χ3v) is 3.21. The van der Waals surface area contributed by atoms with E-state index < -0.39 is 5.97 Å². The lowest BCUT2D eigenvalue weighted by Crippen LogP contribution is -2.19. The summed E-state index contributed by atoms with van der Waals surface area (Å²) in [5.74, 6) is 0.346. The van der Waals surface area contributed by atoms with Crippen molar-refractivity contribution in [1.82, 2.24) is 15.0 Å². The third kappa shape index (κ3) is 2.13. The Balaban J connectivity index is 1.91. The van der Waals surface area contributed by atoms with Crippen molar-refractivity contribution in [3.8, 4) is 0 Å². The maximum atomic E-state index is 11.0. The maximum Gasteiger partial charge on any atom is 0.335 e. The molecule has 0 saturated heterocycles. The Hall–Kier alpha value is -2.70. The number of nitrogens with zero attached hydrogens (tertiary/aromatic N) is 4. The van der Waals surface area contributed by atoms with E-state index in [0.29, 0.717) is 24.9 Å². The lowest BCUT2D eigenvalue weighted by molar-refractivity contribution is 0.0697. The summed E-state index contributed by atoms with van der Waals surface area (Å²) in [5, 5.41) is 9.01. The highest BCUT2D eigenvalue weighted by atomic mass is 16.4. The summed E-state index contributed by atoms with van der Waals surface area (Å²) in [4.78, 5) is 25.3. The van der Waals surface area contributed by atoms with Gasteiger partial charge in [-0.15, -0.1) is 0 Å². The van der Waals surface area contributed by atoms with Crippen LogP contribution in [0.4, 0.5) is 11.9 Å². The van der Waals surface area contributed by atoms with E-state index in [0.717, 1.165) is 11.1 Å². The molecule has 3 rings (SSSR count). The molecule has 0 fully saturated rings. The van der Waals surface area contributed by atoms with Crippen LogP contribution in [0.5, 0.6) is 0 Å². The van der Waals surface area contributed by atoms with Gasteiger partial charge in [-0.3, -0.25) is 0 Å². The van der Waals surface area contributed by atoms with Gasteiger partial charge in [0, 0.05) is 13.1 Å². The molecule has 20 heavy (non-hydrogen) atoms. The Bertz CT molecular complexity index is 681. The van der Waals surface area contributed by atoms with Crippen molar-refractivity contribution in [1.29, 1.82) is 0 Å². The fourth-order valence-corrected chi connectivity index (χ4v) is 2.30. The molecular formula is C13H13N5O2. The Labute approximate surface area is 115 Å². The molecule has 102 valence electrons. The lowest BCUT2D eigenvalue weighted by Gasteiger charge is -2.15. The van der Waals surface area contributed by atoms with Crippen LogP contribution in [0.1, 0.15) is 27.3 Å². The smallest absolute Gasteiger partial charge is 0.335 e. The van der Waals surface area contributed by atoms with Crippen LogP contribution in [0.3, 0.4) is 0 Å². The van der Waals surface area contributed by atoms with E-state index in [1.807, 2.05) is 11.0 Å². The van der Waals surface area contributed by atoms with Crippen LogP contribution in [0.15, 0.2) is 18.2 Å². The highest BCUT2D eigenvalue weighted by Crippen LogP contribution is 2.27. The molecule has 7 heteroatoms. The summed E-state index contributed by atoms with van der Waals surface area (Å²) in [7, 11) is 0. The SMILES string of the molecule is Cc1nc(N)nc(N2Cc3ccc(C(=O)O)cc3C2)n1. The highest BCUT2D eigenvalue weighted by molar-refractivity contribution is 5.88. The number of anilines is 2. The van der Waals surface area contributed by atoms with Gasteiger partial charge in [0.05, 0.1) is 5.56 Å². The van der Waals surface area contributed by atoms with Crippen molar-refractivity contribution in [2.24, 2.45) is 0 Å². The number of aromatic nitrogens is 3. The summed E-state index contributed by atoms with van der Waals surface area (Å²) in [6, 6.07) is 5.13. The summed E-state index contributed by atoms with van der Waals surface area (Å²) >= 11 is 0. The zero-order valence-electron chi connectivity index (χ0n) is 10.9. The van der Waals surface area contributed by atoms with Gasteiger partial charge in [0.2, 0.25) is 11.9 Å². The van der Waals surface area contributed by atoms with Crippen LogP contribution in [0.25, 0.3) is 0 Å². The number of benzene rings is 1.